The summed E-state index contributed by atoms with van der Waals surface area (Å²) in [5.41, 5.74) is 11.3. The van der Waals surface area contributed by atoms with Crippen molar-refractivity contribution in [1.29, 1.82) is 0 Å². The van der Waals surface area contributed by atoms with Crippen LogP contribution in [0.25, 0.3) is 82.4 Å². The van der Waals surface area contributed by atoms with E-state index in [-0.39, 0.29) is 0 Å². The quantitative estimate of drug-likeness (QED) is 0.195. The van der Waals surface area contributed by atoms with E-state index in [1.165, 1.54) is 92.2 Å². The van der Waals surface area contributed by atoms with Gasteiger partial charge in [0.25, 0.3) is 0 Å². The van der Waals surface area contributed by atoms with Gasteiger partial charge >= 0.3 is 0 Å². The van der Waals surface area contributed by atoms with Crippen molar-refractivity contribution in [1.82, 2.24) is 4.57 Å². The highest BCUT2D eigenvalue weighted by Crippen LogP contribution is 2.49. The van der Waals surface area contributed by atoms with Crippen LogP contribution in [-0.2, 0) is 0 Å². The molecule has 9 aromatic rings. The Morgan fingerprint density at radius 2 is 1.04 bits per heavy atom. The maximum Gasteiger partial charge on any atom is 0.0619 e. The van der Waals surface area contributed by atoms with Crippen LogP contribution in [0.3, 0.4) is 0 Å². The van der Waals surface area contributed by atoms with Gasteiger partial charge in [-0.05, 0) is 74.3 Å². The molecule has 0 saturated carbocycles. The van der Waals surface area contributed by atoms with E-state index in [0.29, 0.717) is 0 Å². The first-order valence-corrected chi connectivity index (χ1v) is 16.6. The molecule has 0 amide bonds. The Balaban J connectivity index is 1.17. The number of fused-ring (bicyclic) bond motifs is 7. The lowest BCUT2D eigenvalue weighted by Gasteiger charge is -2.21. The number of rotatable bonds is 3. The molecule has 214 valence electrons. The molecule has 0 radical (unpaired) electrons. The summed E-state index contributed by atoms with van der Waals surface area (Å²) in [4.78, 5) is 2.66. The summed E-state index contributed by atoms with van der Waals surface area (Å²) < 4.78 is 2.45. The monoisotopic (exact) mass is 601 g/mol. The van der Waals surface area contributed by atoms with Crippen LogP contribution in [0.15, 0.2) is 174 Å². The fourth-order valence-corrected chi connectivity index (χ4v) is 8.71. The molecule has 10 rings (SSSR count). The summed E-state index contributed by atoms with van der Waals surface area (Å²) in [6.07, 6.45) is 0. The van der Waals surface area contributed by atoms with Crippen LogP contribution in [0.4, 0.5) is 0 Å². The molecule has 8 aromatic carbocycles. The summed E-state index contributed by atoms with van der Waals surface area (Å²) >= 11 is 1.88. The Hall–Kier alpha value is -5.57. The zero-order valence-electron chi connectivity index (χ0n) is 24.9. The molecule has 0 bridgehead atoms. The van der Waals surface area contributed by atoms with Crippen LogP contribution in [0.5, 0.6) is 0 Å². The first-order valence-electron chi connectivity index (χ1n) is 15.8. The van der Waals surface area contributed by atoms with E-state index in [1.54, 1.807) is 0 Å². The average molecular weight is 602 g/mol. The molecule has 0 fully saturated rings. The summed E-state index contributed by atoms with van der Waals surface area (Å²) in [5.74, 6) is 0. The van der Waals surface area contributed by atoms with Crippen molar-refractivity contribution in [3.05, 3.63) is 164 Å². The minimum atomic E-state index is 1.17. The van der Waals surface area contributed by atoms with E-state index in [9.17, 15) is 0 Å². The lowest BCUT2D eigenvalue weighted by atomic mass is 9.91. The van der Waals surface area contributed by atoms with Crippen molar-refractivity contribution >= 4 is 55.1 Å². The molecular weight excluding hydrogens is 575 g/mol. The molecule has 1 aromatic heterocycles. The Kier molecular flexibility index (Phi) is 5.58. The van der Waals surface area contributed by atoms with Crippen LogP contribution in [0.2, 0.25) is 0 Å². The zero-order valence-corrected chi connectivity index (χ0v) is 25.8. The van der Waals surface area contributed by atoms with Gasteiger partial charge in [0.1, 0.15) is 0 Å². The lowest BCUT2D eigenvalue weighted by molar-refractivity contribution is 1.18. The molecule has 1 nitrogen and oxygen atoms in total. The van der Waals surface area contributed by atoms with Crippen LogP contribution >= 0.6 is 11.8 Å². The third-order valence-corrected chi connectivity index (χ3v) is 10.7. The van der Waals surface area contributed by atoms with Crippen molar-refractivity contribution in [2.24, 2.45) is 0 Å². The zero-order chi connectivity index (χ0) is 30.2. The fourth-order valence-electron chi connectivity index (χ4n) is 7.58. The van der Waals surface area contributed by atoms with Gasteiger partial charge in [-0.1, -0.05) is 145 Å². The topological polar surface area (TPSA) is 4.93 Å². The molecule has 0 saturated heterocycles. The third kappa shape index (κ3) is 3.71. The van der Waals surface area contributed by atoms with Crippen molar-refractivity contribution in [2.45, 2.75) is 9.79 Å². The van der Waals surface area contributed by atoms with Crippen molar-refractivity contribution in [3.63, 3.8) is 0 Å². The molecule has 1 aliphatic rings. The van der Waals surface area contributed by atoms with Gasteiger partial charge in [-0.15, -0.1) is 0 Å². The van der Waals surface area contributed by atoms with Gasteiger partial charge in [0, 0.05) is 37.2 Å². The summed E-state index contributed by atoms with van der Waals surface area (Å²) in [6, 6.07) is 60.1. The Morgan fingerprint density at radius 1 is 0.370 bits per heavy atom. The second kappa shape index (κ2) is 9.97. The number of aromatic nitrogens is 1. The Morgan fingerprint density at radius 3 is 1.91 bits per heavy atom. The van der Waals surface area contributed by atoms with Crippen molar-refractivity contribution in [2.75, 3.05) is 0 Å². The molecule has 0 aliphatic carbocycles. The predicted octanol–water partition coefficient (Wildman–Crippen LogP) is 12.6. The van der Waals surface area contributed by atoms with Gasteiger partial charge in [0.05, 0.1) is 11.0 Å². The van der Waals surface area contributed by atoms with Gasteiger partial charge in [-0.2, -0.15) is 0 Å². The average Bonchev–Trinajstić information content (AvgIpc) is 3.48. The SMILES string of the molecule is c1ccc(-n2c3ccc4ccccc4c3c3cccc(-c4ccc(-c5ccc6c7c(cccc57)-c5ccccc5S6)cc4)c32)cc1. The van der Waals surface area contributed by atoms with Crippen molar-refractivity contribution in [3.8, 4) is 39.1 Å². The number of para-hydroxylation sites is 2. The van der Waals surface area contributed by atoms with E-state index in [4.69, 9.17) is 0 Å². The molecule has 0 spiro atoms. The highest BCUT2D eigenvalue weighted by molar-refractivity contribution is 7.99. The van der Waals surface area contributed by atoms with Gasteiger partial charge in [-0.25, -0.2) is 0 Å². The van der Waals surface area contributed by atoms with E-state index in [2.05, 4.69) is 168 Å². The molecule has 0 atom stereocenters. The minimum absolute atomic E-state index is 1.17. The van der Waals surface area contributed by atoms with Crippen LogP contribution in [0.1, 0.15) is 0 Å². The highest BCUT2D eigenvalue weighted by atomic mass is 32.2. The van der Waals surface area contributed by atoms with Crippen LogP contribution in [0, 0.1) is 0 Å². The second-order valence-electron chi connectivity index (χ2n) is 12.1. The van der Waals surface area contributed by atoms with E-state index < -0.39 is 0 Å². The standard InChI is InChI=1S/C44H27NS/c1-2-11-31(12-3-1)45-39-26-24-28-10-4-5-13-33(28)42(39)38-18-8-15-34(44(38)45)30-22-20-29(21-23-30)32-25-27-41-43-36(32)16-9-17-37(43)35-14-6-7-19-40(35)46-41/h1-27H. The van der Waals surface area contributed by atoms with E-state index in [1.807, 2.05) is 11.8 Å². The van der Waals surface area contributed by atoms with Crippen LogP contribution in [-0.4, -0.2) is 4.57 Å². The third-order valence-electron chi connectivity index (χ3n) is 9.60. The maximum atomic E-state index is 2.45. The summed E-state index contributed by atoms with van der Waals surface area (Å²) in [7, 11) is 0. The maximum absolute atomic E-state index is 2.45. The molecule has 0 unspecified atom stereocenters. The summed E-state index contributed by atoms with van der Waals surface area (Å²) in [5, 5.41) is 7.80. The summed E-state index contributed by atoms with van der Waals surface area (Å²) in [6.45, 7) is 0. The van der Waals surface area contributed by atoms with Crippen LogP contribution < -0.4 is 0 Å². The molecule has 2 heterocycles. The predicted molar refractivity (Wildman–Crippen MR) is 196 cm³/mol. The number of hydrogen-bond acceptors (Lipinski definition) is 1. The van der Waals surface area contributed by atoms with E-state index in [0.717, 1.165) is 0 Å². The van der Waals surface area contributed by atoms with Gasteiger partial charge < -0.3 is 4.57 Å². The minimum Gasteiger partial charge on any atom is -0.309 e. The number of benzene rings is 8. The number of nitrogens with zero attached hydrogens (tertiary/aromatic N) is 1. The first-order chi connectivity index (χ1) is 22.8. The van der Waals surface area contributed by atoms with E-state index >= 15 is 0 Å². The number of hydrogen-bond donors (Lipinski definition) is 0. The molecule has 2 heteroatoms. The fraction of sp³-hybridized carbons (Fsp3) is 0. The Labute approximate surface area is 271 Å². The lowest BCUT2D eigenvalue weighted by Crippen LogP contribution is -1.95. The van der Waals surface area contributed by atoms with Gasteiger partial charge in [-0.3, -0.25) is 0 Å². The van der Waals surface area contributed by atoms with Gasteiger partial charge in [0.2, 0.25) is 0 Å². The molecule has 46 heavy (non-hydrogen) atoms. The largest absolute Gasteiger partial charge is 0.309 e. The molecule has 0 N–H and O–H groups in total. The highest BCUT2D eigenvalue weighted by Gasteiger charge is 2.21. The normalized spacial score (nSPS) is 12.3. The Bertz CT molecular complexity index is 2650. The molecular formula is C44H27NS. The molecule has 1 aliphatic heterocycles. The second-order valence-corrected chi connectivity index (χ2v) is 13.2. The van der Waals surface area contributed by atoms with Crippen molar-refractivity contribution < 1.29 is 0 Å². The van der Waals surface area contributed by atoms with Gasteiger partial charge in [0.15, 0.2) is 0 Å². The smallest absolute Gasteiger partial charge is 0.0619 e. The first kappa shape index (κ1) is 25.7.